The van der Waals surface area contributed by atoms with Gasteiger partial charge in [0.15, 0.2) is 0 Å². The standard InChI is InChI=1S/C11H13F3O2S/c1-6-7(10(16)9(15)5-17)3-2-4-8(6)11(12,13)14/h2-4,9-10,15-17H,5H2,1H3. The highest BCUT2D eigenvalue weighted by Crippen LogP contribution is 2.35. The number of aliphatic hydroxyl groups excluding tert-OH is 2. The van der Waals surface area contributed by atoms with Crippen LogP contribution in [0.2, 0.25) is 0 Å². The predicted molar refractivity (Wildman–Crippen MR) is 61.0 cm³/mol. The van der Waals surface area contributed by atoms with Crippen LogP contribution in [-0.4, -0.2) is 22.1 Å². The highest BCUT2D eigenvalue weighted by atomic mass is 32.1. The van der Waals surface area contributed by atoms with Gasteiger partial charge < -0.3 is 10.2 Å². The molecular weight excluding hydrogens is 253 g/mol. The molecule has 1 rings (SSSR count). The van der Waals surface area contributed by atoms with E-state index in [9.17, 15) is 23.4 Å². The van der Waals surface area contributed by atoms with E-state index in [0.717, 1.165) is 6.07 Å². The molecule has 0 aliphatic carbocycles. The minimum absolute atomic E-state index is 0.0309. The Kier molecular flexibility index (Phi) is 4.46. The van der Waals surface area contributed by atoms with Crippen LogP contribution in [0, 0.1) is 6.92 Å². The van der Waals surface area contributed by atoms with Crippen molar-refractivity contribution >= 4 is 12.6 Å². The van der Waals surface area contributed by atoms with Crippen molar-refractivity contribution in [3.63, 3.8) is 0 Å². The lowest BCUT2D eigenvalue weighted by atomic mass is 9.96. The molecule has 0 saturated carbocycles. The summed E-state index contributed by atoms with van der Waals surface area (Å²) >= 11 is 3.79. The Morgan fingerprint density at radius 2 is 1.88 bits per heavy atom. The summed E-state index contributed by atoms with van der Waals surface area (Å²) in [7, 11) is 0. The van der Waals surface area contributed by atoms with E-state index >= 15 is 0 Å². The van der Waals surface area contributed by atoms with E-state index in [-0.39, 0.29) is 16.9 Å². The molecule has 2 unspecified atom stereocenters. The number of aliphatic hydroxyl groups is 2. The monoisotopic (exact) mass is 266 g/mol. The molecule has 6 heteroatoms. The number of alkyl halides is 3. The summed E-state index contributed by atoms with van der Waals surface area (Å²) in [5.74, 6) is -0.0309. The fourth-order valence-corrected chi connectivity index (χ4v) is 1.79. The fourth-order valence-electron chi connectivity index (χ4n) is 1.59. The molecule has 0 aliphatic heterocycles. The Morgan fingerprint density at radius 3 is 2.35 bits per heavy atom. The number of hydrogen-bond donors (Lipinski definition) is 3. The third kappa shape index (κ3) is 3.14. The highest BCUT2D eigenvalue weighted by molar-refractivity contribution is 7.80. The first-order valence-corrected chi connectivity index (χ1v) is 5.56. The molecule has 2 nitrogen and oxygen atoms in total. The van der Waals surface area contributed by atoms with E-state index in [4.69, 9.17) is 0 Å². The van der Waals surface area contributed by atoms with E-state index in [2.05, 4.69) is 12.6 Å². The van der Waals surface area contributed by atoms with Gasteiger partial charge in [0.2, 0.25) is 0 Å². The zero-order valence-corrected chi connectivity index (χ0v) is 9.96. The molecule has 0 spiro atoms. The summed E-state index contributed by atoms with van der Waals surface area (Å²) in [6, 6.07) is 3.51. The molecule has 0 fully saturated rings. The van der Waals surface area contributed by atoms with Crippen molar-refractivity contribution in [3.8, 4) is 0 Å². The second-order valence-electron chi connectivity index (χ2n) is 3.71. The highest BCUT2D eigenvalue weighted by Gasteiger charge is 2.34. The van der Waals surface area contributed by atoms with Crippen LogP contribution in [0.5, 0.6) is 0 Å². The molecule has 17 heavy (non-hydrogen) atoms. The largest absolute Gasteiger partial charge is 0.416 e. The molecule has 0 amide bonds. The van der Waals surface area contributed by atoms with Crippen molar-refractivity contribution in [2.24, 2.45) is 0 Å². The average Bonchev–Trinajstić information content (AvgIpc) is 2.25. The minimum atomic E-state index is -4.47. The first-order chi connectivity index (χ1) is 7.79. The van der Waals surface area contributed by atoms with Gasteiger partial charge in [0.05, 0.1) is 11.7 Å². The van der Waals surface area contributed by atoms with Gasteiger partial charge in [-0.1, -0.05) is 12.1 Å². The van der Waals surface area contributed by atoms with Crippen LogP contribution in [0.1, 0.15) is 22.8 Å². The van der Waals surface area contributed by atoms with E-state index < -0.39 is 23.9 Å². The van der Waals surface area contributed by atoms with Gasteiger partial charge in [0.1, 0.15) is 6.10 Å². The van der Waals surface area contributed by atoms with Gasteiger partial charge in [0, 0.05) is 5.75 Å². The Labute approximate surface area is 102 Å². The molecule has 0 heterocycles. The van der Waals surface area contributed by atoms with Gasteiger partial charge in [-0.05, 0) is 24.1 Å². The van der Waals surface area contributed by atoms with Gasteiger partial charge in [-0.15, -0.1) is 0 Å². The molecule has 0 bridgehead atoms. The molecule has 96 valence electrons. The predicted octanol–water partition coefficient (Wildman–Crippen LogP) is 2.34. The summed E-state index contributed by atoms with van der Waals surface area (Å²) in [4.78, 5) is 0. The molecule has 0 aromatic heterocycles. The normalized spacial score (nSPS) is 15.7. The fraction of sp³-hybridized carbons (Fsp3) is 0.455. The van der Waals surface area contributed by atoms with Gasteiger partial charge in [0.25, 0.3) is 0 Å². The van der Waals surface area contributed by atoms with Gasteiger partial charge in [-0.3, -0.25) is 0 Å². The number of thiol groups is 1. The second-order valence-corrected chi connectivity index (χ2v) is 4.08. The van der Waals surface area contributed by atoms with Crippen LogP contribution in [0.3, 0.4) is 0 Å². The van der Waals surface area contributed by atoms with Crippen molar-refractivity contribution in [2.75, 3.05) is 5.75 Å². The number of benzene rings is 1. The maximum Gasteiger partial charge on any atom is 0.416 e. The lowest BCUT2D eigenvalue weighted by Crippen LogP contribution is -2.21. The van der Waals surface area contributed by atoms with Crippen LogP contribution in [0.15, 0.2) is 18.2 Å². The lowest BCUT2D eigenvalue weighted by molar-refractivity contribution is -0.138. The third-order valence-corrected chi connectivity index (χ3v) is 2.93. The third-order valence-electron chi connectivity index (χ3n) is 2.55. The molecule has 0 saturated heterocycles. The van der Waals surface area contributed by atoms with Gasteiger partial charge in [-0.2, -0.15) is 25.8 Å². The molecule has 0 aliphatic rings. The van der Waals surface area contributed by atoms with Crippen molar-refractivity contribution in [3.05, 3.63) is 34.9 Å². The van der Waals surface area contributed by atoms with Gasteiger partial charge in [-0.25, -0.2) is 0 Å². The smallest absolute Gasteiger partial charge is 0.389 e. The van der Waals surface area contributed by atoms with Crippen LogP contribution in [0.4, 0.5) is 13.2 Å². The van der Waals surface area contributed by atoms with Crippen molar-refractivity contribution in [1.29, 1.82) is 0 Å². The summed E-state index contributed by atoms with van der Waals surface area (Å²) in [5.41, 5.74) is -0.810. The van der Waals surface area contributed by atoms with E-state index in [1.165, 1.54) is 19.1 Å². The molecule has 1 aromatic carbocycles. The summed E-state index contributed by atoms with van der Waals surface area (Å²) in [6.07, 6.45) is -7.03. The quantitative estimate of drug-likeness (QED) is 0.735. The number of halogens is 3. The maximum atomic E-state index is 12.6. The molecule has 2 N–H and O–H groups in total. The minimum Gasteiger partial charge on any atom is -0.389 e. The summed E-state index contributed by atoms with van der Waals surface area (Å²) in [5, 5.41) is 19.1. The zero-order valence-electron chi connectivity index (χ0n) is 9.07. The van der Waals surface area contributed by atoms with Gasteiger partial charge >= 0.3 is 6.18 Å². The van der Waals surface area contributed by atoms with Crippen molar-refractivity contribution in [1.82, 2.24) is 0 Å². The van der Waals surface area contributed by atoms with Crippen LogP contribution >= 0.6 is 12.6 Å². The van der Waals surface area contributed by atoms with E-state index in [0.29, 0.717) is 0 Å². The van der Waals surface area contributed by atoms with E-state index in [1.54, 1.807) is 0 Å². The number of hydrogen-bond acceptors (Lipinski definition) is 3. The Balaban J connectivity index is 3.19. The van der Waals surface area contributed by atoms with Crippen molar-refractivity contribution in [2.45, 2.75) is 25.3 Å². The molecule has 1 aromatic rings. The molecule has 2 atom stereocenters. The second kappa shape index (κ2) is 5.29. The molecule has 0 radical (unpaired) electrons. The molecular formula is C11H13F3O2S. The maximum absolute atomic E-state index is 12.6. The first-order valence-electron chi connectivity index (χ1n) is 4.92. The van der Waals surface area contributed by atoms with Crippen LogP contribution in [-0.2, 0) is 6.18 Å². The topological polar surface area (TPSA) is 40.5 Å². The summed E-state index contributed by atoms with van der Waals surface area (Å²) in [6.45, 7) is 1.27. The van der Waals surface area contributed by atoms with Crippen molar-refractivity contribution < 1.29 is 23.4 Å². The Bertz CT molecular complexity index is 393. The number of rotatable bonds is 3. The summed E-state index contributed by atoms with van der Waals surface area (Å²) < 4.78 is 37.8. The Hall–Kier alpha value is -0.720. The van der Waals surface area contributed by atoms with Crippen LogP contribution < -0.4 is 0 Å². The van der Waals surface area contributed by atoms with Crippen LogP contribution in [0.25, 0.3) is 0 Å². The SMILES string of the molecule is Cc1c(C(O)C(O)CS)cccc1C(F)(F)F. The van der Waals surface area contributed by atoms with E-state index in [1.807, 2.05) is 0 Å². The lowest BCUT2D eigenvalue weighted by Gasteiger charge is -2.20. The Morgan fingerprint density at radius 1 is 1.29 bits per heavy atom. The first kappa shape index (κ1) is 14.3. The average molecular weight is 266 g/mol. The zero-order chi connectivity index (χ0) is 13.2.